The van der Waals surface area contributed by atoms with E-state index in [-0.39, 0.29) is 6.42 Å². The van der Waals surface area contributed by atoms with E-state index in [2.05, 4.69) is 15.3 Å². The van der Waals surface area contributed by atoms with E-state index in [0.29, 0.717) is 12.2 Å². The van der Waals surface area contributed by atoms with Gasteiger partial charge in [0.1, 0.15) is 0 Å². The number of aliphatic carboxylic acids is 1. The normalized spacial score (nSPS) is 10.8. The minimum Gasteiger partial charge on any atom is -0.481 e. The number of carbonyl (C=O) groups is 1. The fraction of sp³-hybridized carbons (Fsp3) is 0.167. The van der Waals surface area contributed by atoms with Crippen LogP contribution < -0.4 is 0 Å². The molecule has 0 atom stereocenters. The van der Waals surface area contributed by atoms with Crippen LogP contribution in [0.4, 0.5) is 0 Å². The molecule has 1 N–H and O–H groups in total. The van der Waals surface area contributed by atoms with Crippen molar-refractivity contribution in [2.24, 2.45) is 0 Å². The molecular weight excluding hydrogens is 280 g/mol. The Morgan fingerprint density at radius 3 is 3.10 bits per heavy atom. The van der Waals surface area contributed by atoms with Gasteiger partial charge in [-0.2, -0.15) is 0 Å². The molecule has 3 heterocycles. The topological polar surface area (TPSA) is 94.0 Å². The van der Waals surface area contributed by atoms with Crippen molar-refractivity contribution >= 4 is 17.3 Å². The second kappa shape index (κ2) is 5.25. The molecule has 0 radical (unpaired) electrons. The van der Waals surface area contributed by atoms with E-state index in [9.17, 15) is 4.79 Å². The van der Waals surface area contributed by atoms with Gasteiger partial charge in [0.25, 0.3) is 0 Å². The number of carboxylic acid groups (broad SMARTS) is 1. The number of nitrogens with zero attached hydrogens (tertiary/aromatic N) is 4. The second-order valence-corrected chi connectivity index (χ2v) is 4.96. The lowest BCUT2D eigenvalue weighted by Crippen LogP contribution is -2.01. The Morgan fingerprint density at radius 2 is 2.35 bits per heavy atom. The molecule has 0 aliphatic heterocycles. The monoisotopic (exact) mass is 290 g/mol. The van der Waals surface area contributed by atoms with Crippen LogP contribution in [-0.2, 0) is 17.8 Å². The fourth-order valence-corrected chi connectivity index (χ4v) is 2.49. The average Bonchev–Trinajstić information content (AvgIpc) is 3.09. The second-order valence-electron chi connectivity index (χ2n) is 4.10. The van der Waals surface area contributed by atoms with Crippen molar-refractivity contribution in [3.8, 4) is 10.8 Å². The standard InChI is InChI=1S/C12H10N4O3S/c17-11(18)4-8-5-16(15-14-8)6-9-7-20-12(13-9)10-2-1-3-19-10/h1-3,5,7H,4,6H2,(H,17,18). The number of carboxylic acids is 1. The summed E-state index contributed by atoms with van der Waals surface area (Å²) in [6.45, 7) is 0.448. The first-order chi connectivity index (χ1) is 9.70. The smallest absolute Gasteiger partial charge is 0.309 e. The lowest BCUT2D eigenvalue weighted by atomic mass is 10.3. The molecule has 0 aromatic carbocycles. The van der Waals surface area contributed by atoms with Gasteiger partial charge in [-0.15, -0.1) is 16.4 Å². The summed E-state index contributed by atoms with van der Waals surface area (Å²) in [5.74, 6) is -0.197. The van der Waals surface area contributed by atoms with E-state index in [4.69, 9.17) is 9.52 Å². The molecule has 102 valence electrons. The zero-order valence-corrected chi connectivity index (χ0v) is 11.1. The summed E-state index contributed by atoms with van der Waals surface area (Å²) in [6.07, 6.45) is 3.08. The third-order valence-corrected chi connectivity index (χ3v) is 3.43. The van der Waals surface area contributed by atoms with Crippen molar-refractivity contribution in [3.05, 3.63) is 41.4 Å². The predicted molar refractivity (Wildman–Crippen MR) is 70.3 cm³/mol. The van der Waals surface area contributed by atoms with Gasteiger partial charge >= 0.3 is 5.97 Å². The molecule has 7 nitrogen and oxygen atoms in total. The number of hydrogen-bond donors (Lipinski definition) is 1. The van der Waals surface area contributed by atoms with E-state index in [0.717, 1.165) is 16.5 Å². The molecule has 3 aromatic rings. The maximum absolute atomic E-state index is 10.6. The number of furan rings is 1. The van der Waals surface area contributed by atoms with Crippen molar-refractivity contribution in [3.63, 3.8) is 0 Å². The summed E-state index contributed by atoms with van der Waals surface area (Å²) < 4.78 is 6.85. The van der Waals surface area contributed by atoms with Crippen molar-refractivity contribution in [2.45, 2.75) is 13.0 Å². The van der Waals surface area contributed by atoms with Gasteiger partial charge in [0.05, 0.1) is 30.6 Å². The number of rotatable bonds is 5. The summed E-state index contributed by atoms with van der Waals surface area (Å²) in [5, 5.41) is 19.1. The van der Waals surface area contributed by atoms with Crippen LogP contribution in [0.25, 0.3) is 10.8 Å². The zero-order valence-electron chi connectivity index (χ0n) is 10.3. The minimum atomic E-state index is -0.925. The average molecular weight is 290 g/mol. The van der Waals surface area contributed by atoms with Crippen LogP contribution in [0.1, 0.15) is 11.4 Å². The molecule has 0 unspecified atom stereocenters. The van der Waals surface area contributed by atoms with E-state index in [1.54, 1.807) is 17.1 Å². The summed E-state index contributed by atoms with van der Waals surface area (Å²) in [6, 6.07) is 3.66. The highest BCUT2D eigenvalue weighted by Gasteiger charge is 2.09. The number of thiazole rings is 1. The third-order valence-electron chi connectivity index (χ3n) is 2.53. The minimum absolute atomic E-state index is 0.130. The molecule has 3 aromatic heterocycles. The summed E-state index contributed by atoms with van der Waals surface area (Å²) in [5.41, 5.74) is 1.26. The fourth-order valence-electron chi connectivity index (χ4n) is 1.71. The molecule has 0 spiro atoms. The van der Waals surface area contributed by atoms with E-state index in [1.165, 1.54) is 11.3 Å². The molecule has 0 amide bonds. The van der Waals surface area contributed by atoms with Crippen LogP contribution >= 0.6 is 11.3 Å². The van der Waals surface area contributed by atoms with Crippen LogP contribution in [0.2, 0.25) is 0 Å². The molecule has 3 rings (SSSR count). The highest BCUT2D eigenvalue weighted by Crippen LogP contribution is 2.24. The van der Waals surface area contributed by atoms with Crippen LogP contribution in [0, 0.1) is 0 Å². The van der Waals surface area contributed by atoms with Crippen LogP contribution in [0.5, 0.6) is 0 Å². The van der Waals surface area contributed by atoms with Gasteiger partial charge in [-0.1, -0.05) is 5.21 Å². The number of aromatic nitrogens is 4. The molecule has 0 saturated carbocycles. The molecule has 0 fully saturated rings. The number of hydrogen-bond acceptors (Lipinski definition) is 6. The van der Waals surface area contributed by atoms with Crippen LogP contribution in [-0.4, -0.2) is 31.1 Å². The zero-order chi connectivity index (χ0) is 13.9. The van der Waals surface area contributed by atoms with Crippen molar-refractivity contribution < 1.29 is 14.3 Å². The first kappa shape index (κ1) is 12.5. The molecule has 8 heteroatoms. The van der Waals surface area contributed by atoms with Crippen LogP contribution in [0.3, 0.4) is 0 Å². The molecule has 20 heavy (non-hydrogen) atoms. The lowest BCUT2D eigenvalue weighted by Gasteiger charge is -1.94. The molecule has 0 bridgehead atoms. The van der Waals surface area contributed by atoms with Crippen molar-refractivity contribution in [1.82, 2.24) is 20.0 Å². The van der Waals surface area contributed by atoms with Gasteiger partial charge < -0.3 is 9.52 Å². The SMILES string of the molecule is O=C(O)Cc1cn(Cc2csc(-c3ccco3)n2)nn1. The maximum atomic E-state index is 10.6. The Labute approximate surface area is 117 Å². The molecule has 0 aliphatic carbocycles. The van der Waals surface area contributed by atoms with E-state index < -0.39 is 5.97 Å². The summed E-state index contributed by atoms with van der Waals surface area (Å²) in [4.78, 5) is 15.0. The van der Waals surface area contributed by atoms with Crippen molar-refractivity contribution in [1.29, 1.82) is 0 Å². The third kappa shape index (κ3) is 2.75. The first-order valence-electron chi connectivity index (χ1n) is 5.80. The lowest BCUT2D eigenvalue weighted by molar-refractivity contribution is -0.136. The quantitative estimate of drug-likeness (QED) is 0.768. The Kier molecular flexibility index (Phi) is 3.30. The van der Waals surface area contributed by atoms with E-state index >= 15 is 0 Å². The van der Waals surface area contributed by atoms with Gasteiger partial charge in [0.15, 0.2) is 10.8 Å². The summed E-state index contributed by atoms with van der Waals surface area (Å²) >= 11 is 1.48. The highest BCUT2D eigenvalue weighted by molar-refractivity contribution is 7.13. The summed E-state index contributed by atoms with van der Waals surface area (Å²) in [7, 11) is 0. The van der Waals surface area contributed by atoms with Gasteiger partial charge in [-0.25, -0.2) is 9.67 Å². The highest BCUT2D eigenvalue weighted by atomic mass is 32.1. The Hall–Kier alpha value is -2.48. The van der Waals surface area contributed by atoms with Gasteiger partial charge in [0, 0.05) is 11.6 Å². The van der Waals surface area contributed by atoms with Gasteiger partial charge in [-0.05, 0) is 12.1 Å². The van der Waals surface area contributed by atoms with E-state index in [1.807, 2.05) is 17.5 Å². The van der Waals surface area contributed by atoms with Crippen LogP contribution in [0.15, 0.2) is 34.4 Å². The molecule has 0 saturated heterocycles. The maximum Gasteiger partial charge on any atom is 0.309 e. The van der Waals surface area contributed by atoms with Gasteiger partial charge in [0.2, 0.25) is 0 Å². The predicted octanol–water partition coefficient (Wildman–Crippen LogP) is 1.67. The molecule has 0 aliphatic rings. The Bertz CT molecular complexity index is 717. The van der Waals surface area contributed by atoms with Crippen molar-refractivity contribution in [2.75, 3.05) is 0 Å². The van der Waals surface area contributed by atoms with Gasteiger partial charge in [-0.3, -0.25) is 4.79 Å². The Balaban J connectivity index is 1.72. The first-order valence-corrected chi connectivity index (χ1v) is 6.68. The largest absolute Gasteiger partial charge is 0.481 e. The molecular formula is C12H10N4O3S. The Morgan fingerprint density at radius 1 is 1.45 bits per heavy atom.